The zero-order chi connectivity index (χ0) is 24.8. The Labute approximate surface area is 204 Å². The second-order valence-electron chi connectivity index (χ2n) is 8.52. The average Bonchev–Trinajstić information content (AvgIpc) is 2.90. The van der Waals surface area contributed by atoms with Crippen molar-refractivity contribution >= 4 is 28.6 Å². The number of carbonyl (C=O) groups excluding carboxylic acids is 2. The fourth-order valence-corrected chi connectivity index (χ4v) is 3.79. The highest BCUT2D eigenvalue weighted by atomic mass is 16.5. The highest BCUT2D eigenvalue weighted by molar-refractivity contribution is 5.95. The largest absolute Gasteiger partial charge is 0.467 e. The molecule has 1 aromatic heterocycles. The molecule has 0 spiro atoms. The van der Waals surface area contributed by atoms with Gasteiger partial charge in [0.05, 0.1) is 19.2 Å². The van der Waals surface area contributed by atoms with Crippen LogP contribution in [0.2, 0.25) is 0 Å². The molecule has 0 aliphatic heterocycles. The van der Waals surface area contributed by atoms with E-state index in [1.165, 1.54) is 7.11 Å². The van der Waals surface area contributed by atoms with Gasteiger partial charge in [-0.3, -0.25) is 4.79 Å². The van der Waals surface area contributed by atoms with Gasteiger partial charge in [-0.25, -0.2) is 14.8 Å². The van der Waals surface area contributed by atoms with Crippen molar-refractivity contribution in [3.05, 3.63) is 90.3 Å². The van der Waals surface area contributed by atoms with E-state index in [1.807, 2.05) is 80.6 Å². The number of benzene rings is 3. The van der Waals surface area contributed by atoms with Crippen molar-refractivity contribution in [3.63, 3.8) is 0 Å². The maximum atomic E-state index is 12.8. The molecule has 0 aliphatic carbocycles. The summed E-state index contributed by atoms with van der Waals surface area (Å²) in [5.74, 6) is 0.365. The molecule has 0 saturated heterocycles. The van der Waals surface area contributed by atoms with Crippen molar-refractivity contribution in [1.29, 1.82) is 0 Å². The highest BCUT2D eigenvalue weighted by Gasteiger charge is 2.24. The number of carbonyl (C=O) groups is 2. The fraction of sp³-hybridized carbons (Fsp3) is 0.214. The van der Waals surface area contributed by atoms with E-state index in [-0.39, 0.29) is 24.3 Å². The van der Waals surface area contributed by atoms with Crippen LogP contribution in [-0.2, 0) is 16.1 Å². The second kappa shape index (κ2) is 10.8. The molecule has 178 valence electrons. The molecule has 7 nitrogen and oxygen atoms in total. The predicted octanol–water partition coefficient (Wildman–Crippen LogP) is 4.84. The number of esters is 1. The topological polar surface area (TPSA) is 93.2 Å². The van der Waals surface area contributed by atoms with E-state index in [0.717, 1.165) is 16.5 Å². The van der Waals surface area contributed by atoms with E-state index >= 15 is 0 Å². The van der Waals surface area contributed by atoms with Gasteiger partial charge in [-0.05, 0) is 41.3 Å². The van der Waals surface area contributed by atoms with Gasteiger partial charge in [-0.15, -0.1) is 0 Å². The normalized spacial score (nSPS) is 11.8. The summed E-state index contributed by atoms with van der Waals surface area (Å²) >= 11 is 0. The molecule has 2 N–H and O–H groups in total. The Balaban J connectivity index is 1.52. The SMILES string of the molecule is COC(=O)[C@@H](Nc1nc(CNC(=O)c2ccc(-c3ccccc3)cc2)nc2ccccc12)C(C)C. The van der Waals surface area contributed by atoms with Gasteiger partial charge >= 0.3 is 5.97 Å². The standard InChI is InChI=1S/C28H28N4O3/c1-18(2)25(28(34)35-3)32-26-22-11-7-8-12-23(22)30-24(31-26)17-29-27(33)21-15-13-20(14-16-21)19-9-5-4-6-10-19/h4-16,18,25H,17H2,1-3H3,(H,29,33)(H,30,31,32)/t25-/m0/s1. The Hall–Kier alpha value is -4.26. The number of aromatic nitrogens is 2. The van der Waals surface area contributed by atoms with Crippen LogP contribution in [0.3, 0.4) is 0 Å². The van der Waals surface area contributed by atoms with E-state index in [1.54, 1.807) is 12.1 Å². The summed E-state index contributed by atoms with van der Waals surface area (Å²) < 4.78 is 4.95. The summed E-state index contributed by atoms with van der Waals surface area (Å²) in [5.41, 5.74) is 3.40. The van der Waals surface area contributed by atoms with Gasteiger partial charge in [-0.2, -0.15) is 0 Å². The number of ether oxygens (including phenoxy) is 1. The molecule has 0 bridgehead atoms. The number of rotatable bonds is 8. The first kappa shape index (κ1) is 23.9. The molecular formula is C28H28N4O3. The fourth-order valence-electron chi connectivity index (χ4n) is 3.79. The second-order valence-corrected chi connectivity index (χ2v) is 8.52. The van der Waals surface area contributed by atoms with Crippen molar-refractivity contribution in [2.75, 3.05) is 12.4 Å². The van der Waals surface area contributed by atoms with Gasteiger partial charge in [0.15, 0.2) is 5.82 Å². The Morgan fingerprint density at radius 3 is 2.20 bits per heavy atom. The first-order chi connectivity index (χ1) is 17.0. The van der Waals surface area contributed by atoms with Crippen molar-refractivity contribution < 1.29 is 14.3 Å². The van der Waals surface area contributed by atoms with Crippen LogP contribution >= 0.6 is 0 Å². The summed E-state index contributed by atoms with van der Waals surface area (Å²) in [5, 5.41) is 6.89. The molecule has 4 aromatic rings. The lowest BCUT2D eigenvalue weighted by Crippen LogP contribution is -2.36. The van der Waals surface area contributed by atoms with Gasteiger partial charge in [0.1, 0.15) is 11.9 Å². The lowest BCUT2D eigenvalue weighted by molar-refractivity contribution is -0.142. The molecule has 1 amide bonds. The molecule has 3 aromatic carbocycles. The third kappa shape index (κ3) is 5.63. The van der Waals surface area contributed by atoms with E-state index < -0.39 is 6.04 Å². The van der Waals surface area contributed by atoms with Gasteiger partial charge in [-0.1, -0.05) is 68.4 Å². The molecular weight excluding hydrogens is 440 g/mol. The minimum atomic E-state index is -0.566. The molecule has 0 fully saturated rings. The van der Waals surface area contributed by atoms with E-state index in [2.05, 4.69) is 20.6 Å². The van der Waals surface area contributed by atoms with Crippen LogP contribution in [0, 0.1) is 5.92 Å². The predicted molar refractivity (Wildman–Crippen MR) is 137 cm³/mol. The zero-order valence-corrected chi connectivity index (χ0v) is 20.0. The number of nitrogens with zero attached hydrogens (tertiary/aromatic N) is 2. The van der Waals surface area contributed by atoms with Crippen molar-refractivity contribution in [3.8, 4) is 11.1 Å². The number of fused-ring (bicyclic) bond motifs is 1. The van der Waals surface area contributed by atoms with E-state index in [9.17, 15) is 9.59 Å². The van der Waals surface area contributed by atoms with Crippen LogP contribution in [0.25, 0.3) is 22.0 Å². The molecule has 1 heterocycles. The van der Waals surface area contributed by atoms with Crippen molar-refractivity contribution in [1.82, 2.24) is 15.3 Å². The van der Waals surface area contributed by atoms with Gasteiger partial charge < -0.3 is 15.4 Å². The highest BCUT2D eigenvalue weighted by Crippen LogP contribution is 2.23. The molecule has 1 atom stereocenters. The molecule has 0 unspecified atom stereocenters. The number of hydrogen-bond donors (Lipinski definition) is 2. The van der Waals surface area contributed by atoms with Crippen LogP contribution in [-0.4, -0.2) is 35.0 Å². The Morgan fingerprint density at radius 2 is 1.51 bits per heavy atom. The van der Waals surface area contributed by atoms with E-state index in [4.69, 9.17) is 4.74 Å². The lowest BCUT2D eigenvalue weighted by Gasteiger charge is -2.21. The summed E-state index contributed by atoms with van der Waals surface area (Å²) in [6, 6.07) is 24.4. The van der Waals surface area contributed by atoms with Crippen LogP contribution in [0.15, 0.2) is 78.9 Å². The summed E-state index contributed by atoms with van der Waals surface area (Å²) in [7, 11) is 1.37. The molecule has 0 saturated carbocycles. The smallest absolute Gasteiger partial charge is 0.328 e. The average molecular weight is 469 g/mol. The minimum absolute atomic E-state index is 0.0156. The summed E-state index contributed by atoms with van der Waals surface area (Å²) in [4.78, 5) is 34.3. The summed E-state index contributed by atoms with van der Waals surface area (Å²) in [6.07, 6.45) is 0. The van der Waals surface area contributed by atoms with Crippen LogP contribution < -0.4 is 10.6 Å². The Kier molecular flexibility index (Phi) is 7.35. The quantitative estimate of drug-likeness (QED) is 0.360. The number of hydrogen-bond acceptors (Lipinski definition) is 6. The van der Waals surface area contributed by atoms with Gasteiger partial charge in [0, 0.05) is 10.9 Å². The third-order valence-corrected chi connectivity index (χ3v) is 5.72. The van der Waals surface area contributed by atoms with Crippen LogP contribution in [0.4, 0.5) is 5.82 Å². The number of anilines is 1. The number of amides is 1. The first-order valence-electron chi connectivity index (χ1n) is 11.5. The number of nitrogens with one attached hydrogen (secondary N) is 2. The van der Waals surface area contributed by atoms with Gasteiger partial charge in [0.25, 0.3) is 5.91 Å². The third-order valence-electron chi connectivity index (χ3n) is 5.72. The molecule has 35 heavy (non-hydrogen) atoms. The minimum Gasteiger partial charge on any atom is -0.467 e. The first-order valence-corrected chi connectivity index (χ1v) is 11.5. The monoisotopic (exact) mass is 468 g/mol. The molecule has 0 aliphatic rings. The zero-order valence-electron chi connectivity index (χ0n) is 20.0. The molecule has 0 radical (unpaired) electrons. The maximum Gasteiger partial charge on any atom is 0.328 e. The Bertz CT molecular complexity index is 1320. The number of methoxy groups -OCH3 is 1. The maximum absolute atomic E-state index is 12.8. The number of para-hydroxylation sites is 1. The molecule has 4 rings (SSSR count). The Morgan fingerprint density at radius 1 is 0.857 bits per heavy atom. The summed E-state index contributed by atoms with van der Waals surface area (Å²) in [6.45, 7) is 4.01. The molecule has 7 heteroatoms. The van der Waals surface area contributed by atoms with Crippen LogP contribution in [0.5, 0.6) is 0 Å². The van der Waals surface area contributed by atoms with Gasteiger partial charge in [0.2, 0.25) is 0 Å². The van der Waals surface area contributed by atoms with E-state index in [0.29, 0.717) is 22.7 Å². The van der Waals surface area contributed by atoms with Crippen LogP contribution in [0.1, 0.15) is 30.0 Å². The van der Waals surface area contributed by atoms with Crippen molar-refractivity contribution in [2.45, 2.75) is 26.4 Å². The lowest BCUT2D eigenvalue weighted by atomic mass is 10.0. The van der Waals surface area contributed by atoms with Crippen molar-refractivity contribution in [2.24, 2.45) is 5.92 Å².